The average Bonchev–Trinajstić information content (AvgIpc) is 1.90. The van der Waals surface area contributed by atoms with Gasteiger partial charge in [0, 0.05) is 6.20 Å². The molecule has 0 amide bonds. The van der Waals surface area contributed by atoms with Gasteiger partial charge in [0.1, 0.15) is 0 Å². The predicted octanol–water partition coefficient (Wildman–Crippen LogP) is 1.15. The molecule has 0 aliphatic heterocycles. The van der Waals surface area contributed by atoms with Crippen LogP contribution in [0.2, 0.25) is 0 Å². The Kier molecular flexibility index (Phi) is 2.30. The summed E-state index contributed by atoms with van der Waals surface area (Å²) in [7, 11) is -0.107. The van der Waals surface area contributed by atoms with E-state index in [1.807, 2.05) is 24.5 Å². The maximum absolute atomic E-state index is 5.01. The van der Waals surface area contributed by atoms with Crippen molar-refractivity contribution in [2.24, 2.45) is 0 Å². The average molecular weight is 157 g/mol. The Morgan fingerprint density at radius 3 is 2.67 bits per heavy atom. The van der Waals surface area contributed by atoms with Crippen molar-refractivity contribution in [3.63, 3.8) is 0 Å². The zero-order valence-corrected chi connectivity index (χ0v) is 6.71. The summed E-state index contributed by atoms with van der Waals surface area (Å²) in [6.07, 6.45) is 3.75. The van der Waals surface area contributed by atoms with Gasteiger partial charge in [0.2, 0.25) is 0 Å². The molecule has 9 heavy (non-hydrogen) atoms. The van der Waals surface area contributed by atoms with E-state index in [2.05, 4.69) is 4.98 Å². The SMILES string of the molecule is CS(=S)c1ccccn1. The van der Waals surface area contributed by atoms with E-state index in [0.29, 0.717) is 0 Å². The smallest absolute Gasteiger partial charge is 0.1000 e. The quantitative estimate of drug-likeness (QED) is 0.606. The Labute approximate surface area is 61.7 Å². The lowest BCUT2D eigenvalue weighted by molar-refractivity contribution is 1.14. The van der Waals surface area contributed by atoms with Crippen molar-refractivity contribution in [3.8, 4) is 0 Å². The van der Waals surface area contributed by atoms with Crippen LogP contribution in [0.25, 0.3) is 0 Å². The predicted molar refractivity (Wildman–Crippen MR) is 43.2 cm³/mol. The van der Waals surface area contributed by atoms with Crippen molar-refractivity contribution in [1.82, 2.24) is 4.98 Å². The summed E-state index contributed by atoms with van der Waals surface area (Å²) >= 11 is 5.01. The van der Waals surface area contributed by atoms with Crippen LogP contribution in [0.4, 0.5) is 0 Å². The molecule has 0 aromatic carbocycles. The first kappa shape index (κ1) is 6.83. The maximum atomic E-state index is 5.01. The summed E-state index contributed by atoms with van der Waals surface area (Å²) in [5, 5.41) is 1.01. The maximum Gasteiger partial charge on any atom is 0.1000 e. The fraction of sp³-hybridized carbons (Fsp3) is 0.167. The molecule has 1 nitrogen and oxygen atoms in total. The van der Waals surface area contributed by atoms with Gasteiger partial charge in [-0.15, -0.1) is 0 Å². The van der Waals surface area contributed by atoms with E-state index in [1.54, 1.807) is 6.20 Å². The Balaban J connectivity index is 2.98. The van der Waals surface area contributed by atoms with Gasteiger partial charge in [0.05, 0.1) is 5.03 Å². The second kappa shape index (κ2) is 3.03. The van der Waals surface area contributed by atoms with Crippen LogP contribution in [0.1, 0.15) is 0 Å². The Bertz CT molecular complexity index is 208. The minimum Gasteiger partial charge on any atom is -0.250 e. The molecule has 1 aromatic rings. The Morgan fingerprint density at radius 1 is 1.56 bits per heavy atom. The molecule has 0 aliphatic carbocycles. The molecular weight excluding hydrogens is 150 g/mol. The molecule has 1 atom stereocenters. The third-order valence-corrected chi connectivity index (χ3v) is 2.28. The third kappa shape index (κ3) is 1.84. The first-order valence-electron chi connectivity index (χ1n) is 2.55. The summed E-state index contributed by atoms with van der Waals surface area (Å²) in [5.74, 6) is 0. The van der Waals surface area contributed by atoms with Crippen molar-refractivity contribution >= 4 is 20.6 Å². The highest BCUT2D eigenvalue weighted by atomic mass is 32.8. The van der Waals surface area contributed by atoms with E-state index in [4.69, 9.17) is 11.2 Å². The highest BCUT2D eigenvalue weighted by molar-refractivity contribution is 8.28. The highest BCUT2D eigenvalue weighted by Crippen LogP contribution is 1.96. The van der Waals surface area contributed by atoms with E-state index < -0.39 is 0 Å². The fourth-order valence-corrected chi connectivity index (χ4v) is 1.29. The summed E-state index contributed by atoms with van der Waals surface area (Å²) in [5.41, 5.74) is 0. The number of pyridine rings is 1. The number of hydrogen-bond donors (Lipinski definition) is 0. The van der Waals surface area contributed by atoms with Crippen LogP contribution in [0.3, 0.4) is 0 Å². The minimum atomic E-state index is -0.107. The molecule has 1 unspecified atom stereocenters. The van der Waals surface area contributed by atoms with Crippen LogP contribution in [0, 0.1) is 0 Å². The van der Waals surface area contributed by atoms with Gasteiger partial charge in [-0.3, -0.25) is 0 Å². The van der Waals surface area contributed by atoms with E-state index in [0.717, 1.165) is 5.03 Å². The van der Waals surface area contributed by atoms with Crippen molar-refractivity contribution in [1.29, 1.82) is 0 Å². The molecule has 0 saturated heterocycles. The van der Waals surface area contributed by atoms with E-state index >= 15 is 0 Å². The van der Waals surface area contributed by atoms with Gasteiger partial charge < -0.3 is 0 Å². The molecule has 1 aromatic heterocycles. The molecule has 0 N–H and O–H groups in total. The highest BCUT2D eigenvalue weighted by Gasteiger charge is 1.88. The number of aromatic nitrogens is 1. The fourth-order valence-electron chi connectivity index (χ4n) is 0.517. The van der Waals surface area contributed by atoms with Crippen LogP contribution >= 0.6 is 0 Å². The molecule has 1 heterocycles. The first-order chi connectivity index (χ1) is 4.30. The molecule has 0 spiro atoms. The third-order valence-electron chi connectivity index (χ3n) is 0.932. The number of hydrogen-bond acceptors (Lipinski definition) is 2. The topological polar surface area (TPSA) is 12.9 Å². The molecule has 48 valence electrons. The van der Waals surface area contributed by atoms with Gasteiger partial charge in [0.25, 0.3) is 0 Å². The lowest BCUT2D eigenvalue weighted by Crippen LogP contribution is -1.87. The molecule has 3 heteroatoms. The van der Waals surface area contributed by atoms with Gasteiger partial charge >= 0.3 is 0 Å². The van der Waals surface area contributed by atoms with Gasteiger partial charge in [-0.1, -0.05) is 15.5 Å². The minimum absolute atomic E-state index is 0.107. The van der Waals surface area contributed by atoms with E-state index in [1.165, 1.54) is 0 Å². The Hall–Kier alpha value is -0.280. The molecule has 0 fully saturated rings. The summed E-state index contributed by atoms with van der Waals surface area (Å²) < 4.78 is 0. The summed E-state index contributed by atoms with van der Waals surface area (Å²) in [6, 6.07) is 5.81. The van der Waals surface area contributed by atoms with Crippen molar-refractivity contribution in [2.75, 3.05) is 6.26 Å². The van der Waals surface area contributed by atoms with E-state index in [-0.39, 0.29) is 9.45 Å². The second-order valence-corrected chi connectivity index (χ2v) is 4.45. The lowest BCUT2D eigenvalue weighted by Gasteiger charge is -1.93. The molecule has 0 radical (unpaired) electrons. The molecule has 0 bridgehead atoms. The lowest BCUT2D eigenvalue weighted by atomic mass is 10.5. The van der Waals surface area contributed by atoms with Crippen LogP contribution < -0.4 is 0 Å². The van der Waals surface area contributed by atoms with Gasteiger partial charge in [0.15, 0.2) is 0 Å². The van der Waals surface area contributed by atoms with Crippen LogP contribution in [0.15, 0.2) is 29.4 Å². The van der Waals surface area contributed by atoms with Crippen LogP contribution in [-0.2, 0) is 20.6 Å². The Morgan fingerprint density at radius 2 is 2.33 bits per heavy atom. The van der Waals surface area contributed by atoms with E-state index in [9.17, 15) is 0 Å². The number of nitrogens with zero attached hydrogens (tertiary/aromatic N) is 1. The molecule has 0 aliphatic rings. The second-order valence-electron chi connectivity index (χ2n) is 1.62. The zero-order valence-electron chi connectivity index (χ0n) is 5.07. The standard InChI is InChI=1S/C6H7NS2/c1-9(8)6-4-2-3-5-7-6/h2-5H,1H3. The number of rotatable bonds is 1. The van der Waals surface area contributed by atoms with Gasteiger partial charge in [-0.2, -0.15) is 0 Å². The van der Waals surface area contributed by atoms with Gasteiger partial charge in [-0.05, 0) is 29.6 Å². The first-order valence-corrected chi connectivity index (χ1v) is 5.11. The molecular formula is C6H7NS2. The van der Waals surface area contributed by atoms with Crippen LogP contribution in [0.5, 0.6) is 0 Å². The van der Waals surface area contributed by atoms with Crippen molar-refractivity contribution in [3.05, 3.63) is 24.4 Å². The van der Waals surface area contributed by atoms with Crippen molar-refractivity contribution < 1.29 is 0 Å². The molecule has 1 rings (SSSR count). The summed E-state index contributed by atoms with van der Waals surface area (Å²) in [4.78, 5) is 4.09. The molecule has 0 saturated carbocycles. The van der Waals surface area contributed by atoms with Crippen molar-refractivity contribution in [2.45, 2.75) is 5.03 Å². The largest absolute Gasteiger partial charge is 0.250 e. The van der Waals surface area contributed by atoms with Crippen LogP contribution in [-0.4, -0.2) is 11.2 Å². The van der Waals surface area contributed by atoms with Gasteiger partial charge in [-0.25, -0.2) is 4.98 Å². The zero-order chi connectivity index (χ0) is 6.69. The summed E-state index contributed by atoms with van der Waals surface area (Å²) in [6.45, 7) is 0. The monoisotopic (exact) mass is 157 g/mol. The normalized spacial score (nSPS) is 13.0.